The maximum Gasteiger partial charge on any atom is 0.306 e. The van der Waals surface area contributed by atoms with Gasteiger partial charge in [0.2, 0.25) is 0 Å². The second-order valence-corrected chi connectivity index (χ2v) is 9.70. The molecule has 9 heteroatoms. The minimum atomic E-state index is -3.04. The molecule has 3 rings (SSSR count). The van der Waals surface area contributed by atoms with Gasteiger partial charge in [-0.2, -0.15) is 5.10 Å². The summed E-state index contributed by atoms with van der Waals surface area (Å²) in [5.41, 5.74) is 4.02. The number of rotatable bonds is 6. The van der Waals surface area contributed by atoms with Crippen LogP contribution in [0.3, 0.4) is 0 Å². The highest BCUT2D eigenvalue weighted by atomic mass is 32.2. The predicted octanol–water partition coefficient (Wildman–Crippen LogP) is 2.10. The van der Waals surface area contributed by atoms with Crippen LogP contribution in [0.1, 0.15) is 29.8 Å². The molecule has 1 fully saturated rings. The number of esters is 1. The van der Waals surface area contributed by atoms with Crippen LogP contribution in [0.15, 0.2) is 24.3 Å². The molecule has 1 aliphatic heterocycles. The van der Waals surface area contributed by atoms with Crippen LogP contribution in [0.2, 0.25) is 0 Å². The summed E-state index contributed by atoms with van der Waals surface area (Å²) in [6.45, 7) is 5.22. The summed E-state index contributed by atoms with van der Waals surface area (Å²) in [5.74, 6) is -1.15. The molecule has 29 heavy (non-hydrogen) atoms. The van der Waals surface area contributed by atoms with Crippen molar-refractivity contribution in [2.45, 2.75) is 33.6 Å². The Morgan fingerprint density at radius 3 is 2.52 bits per heavy atom. The number of benzene rings is 1. The van der Waals surface area contributed by atoms with Crippen molar-refractivity contribution in [1.82, 2.24) is 9.78 Å². The number of hydrogen-bond acceptors (Lipinski definition) is 6. The van der Waals surface area contributed by atoms with E-state index in [0.29, 0.717) is 17.8 Å². The maximum atomic E-state index is 12.2. The molecular weight excluding hydrogens is 394 g/mol. The number of nitrogens with one attached hydrogen (secondary N) is 1. The van der Waals surface area contributed by atoms with E-state index < -0.39 is 28.3 Å². The fourth-order valence-corrected chi connectivity index (χ4v) is 5.27. The van der Waals surface area contributed by atoms with Gasteiger partial charge in [-0.15, -0.1) is 0 Å². The van der Waals surface area contributed by atoms with Crippen molar-refractivity contribution in [3.05, 3.63) is 41.2 Å². The molecular formula is C20H25N3O5S. The first kappa shape index (κ1) is 21.0. The van der Waals surface area contributed by atoms with Crippen molar-refractivity contribution < 1.29 is 22.7 Å². The topological polar surface area (TPSA) is 107 Å². The Morgan fingerprint density at radius 2 is 1.90 bits per heavy atom. The lowest BCUT2D eigenvalue weighted by Crippen LogP contribution is -2.22. The molecule has 1 atom stereocenters. The molecule has 2 heterocycles. The van der Waals surface area contributed by atoms with Gasteiger partial charge in [-0.3, -0.25) is 9.59 Å². The van der Waals surface area contributed by atoms with E-state index in [4.69, 9.17) is 4.74 Å². The van der Waals surface area contributed by atoms with Gasteiger partial charge in [0.05, 0.1) is 34.3 Å². The first-order chi connectivity index (χ1) is 13.6. The highest BCUT2D eigenvalue weighted by Crippen LogP contribution is 2.24. The van der Waals surface area contributed by atoms with Crippen LogP contribution in [0.5, 0.6) is 0 Å². The molecule has 0 radical (unpaired) electrons. The number of amides is 1. The van der Waals surface area contributed by atoms with Crippen LogP contribution >= 0.6 is 0 Å². The molecule has 0 bridgehead atoms. The average molecular weight is 420 g/mol. The van der Waals surface area contributed by atoms with Crippen molar-refractivity contribution in [1.29, 1.82) is 0 Å². The molecule has 0 aliphatic carbocycles. The number of carbonyl (C=O) groups excluding carboxylic acids is 2. The van der Waals surface area contributed by atoms with Gasteiger partial charge in [0.25, 0.3) is 5.91 Å². The second-order valence-electron chi connectivity index (χ2n) is 7.48. The van der Waals surface area contributed by atoms with Crippen molar-refractivity contribution >= 4 is 27.4 Å². The van der Waals surface area contributed by atoms with Gasteiger partial charge in [0.1, 0.15) is 0 Å². The lowest BCUT2D eigenvalue weighted by molar-refractivity contribution is -0.148. The second kappa shape index (κ2) is 8.36. The largest absolute Gasteiger partial charge is 0.456 e. The minimum absolute atomic E-state index is 0.00484. The summed E-state index contributed by atoms with van der Waals surface area (Å²) in [5, 5.41) is 7.22. The van der Waals surface area contributed by atoms with E-state index in [9.17, 15) is 18.0 Å². The van der Waals surface area contributed by atoms with E-state index in [1.807, 2.05) is 38.1 Å². The molecule has 2 aromatic rings. The molecule has 1 aliphatic rings. The molecule has 1 aromatic heterocycles. The minimum Gasteiger partial charge on any atom is -0.456 e. The zero-order valence-corrected chi connectivity index (χ0v) is 17.6. The van der Waals surface area contributed by atoms with E-state index in [1.54, 1.807) is 11.6 Å². The maximum absolute atomic E-state index is 12.2. The Bertz CT molecular complexity index is 1030. The third-order valence-electron chi connectivity index (χ3n) is 4.98. The van der Waals surface area contributed by atoms with E-state index in [-0.39, 0.29) is 23.8 Å². The van der Waals surface area contributed by atoms with Gasteiger partial charge < -0.3 is 10.1 Å². The smallest absolute Gasteiger partial charge is 0.306 e. The fourth-order valence-electron chi connectivity index (χ4n) is 3.41. The van der Waals surface area contributed by atoms with Crippen molar-refractivity contribution in [2.24, 2.45) is 5.92 Å². The van der Waals surface area contributed by atoms with Crippen LogP contribution in [-0.2, 0) is 24.2 Å². The van der Waals surface area contributed by atoms with E-state index in [0.717, 1.165) is 16.9 Å². The normalized spacial score (nSPS) is 17.8. The standard InChI is InChI=1S/C20H25N3O5S/c1-13-4-6-17(7-5-13)23-15(3)20(14(2)22-23)21-18(24)11-28-19(25)10-16-8-9-29(26,27)12-16/h4-7,16H,8-12H2,1-3H3,(H,21,24)/t16-/m1/s1. The molecule has 0 saturated carbocycles. The number of carbonyl (C=O) groups is 2. The summed E-state index contributed by atoms with van der Waals surface area (Å²) in [7, 11) is -3.04. The highest BCUT2D eigenvalue weighted by molar-refractivity contribution is 7.91. The Kier molecular flexibility index (Phi) is 6.07. The number of ether oxygens (including phenoxy) is 1. The quantitative estimate of drug-likeness (QED) is 0.719. The van der Waals surface area contributed by atoms with Gasteiger partial charge in [-0.05, 0) is 45.2 Å². The van der Waals surface area contributed by atoms with Gasteiger partial charge in [-0.25, -0.2) is 13.1 Å². The Labute approximate surface area is 170 Å². The van der Waals surface area contributed by atoms with Crippen LogP contribution in [-0.4, -0.2) is 48.2 Å². The fraction of sp³-hybridized carbons (Fsp3) is 0.450. The number of anilines is 1. The zero-order chi connectivity index (χ0) is 21.2. The Morgan fingerprint density at radius 1 is 1.21 bits per heavy atom. The molecule has 0 spiro atoms. The molecule has 1 amide bonds. The van der Waals surface area contributed by atoms with E-state index >= 15 is 0 Å². The summed E-state index contributed by atoms with van der Waals surface area (Å²) >= 11 is 0. The highest BCUT2D eigenvalue weighted by Gasteiger charge is 2.30. The molecule has 1 N–H and O–H groups in total. The van der Waals surface area contributed by atoms with Crippen molar-refractivity contribution in [2.75, 3.05) is 23.4 Å². The Balaban J connectivity index is 1.57. The summed E-state index contributed by atoms with van der Waals surface area (Å²) in [4.78, 5) is 24.1. The van der Waals surface area contributed by atoms with Gasteiger partial charge in [0.15, 0.2) is 16.4 Å². The van der Waals surface area contributed by atoms with Crippen molar-refractivity contribution in [3.8, 4) is 5.69 Å². The molecule has 1 aromatic carbocycles. The van der Waals surface area contributed by atoms with E-state index in [2.05, 4.69) is 10.4 Å². The number of nitrogens with zero attached hydrogens (tertiary/aromatic N) is 2. The lowest BCUT2D eigenvalue weighted by Gasteiger charge is -2.09. The molecule has 156 valence electrons. The van der Waals surface area contributed by atoms with Crippen LogP contribution in [0, 0.1) is 26.7 Å². The molecule has 1 saturated heterocycles. The third kappa shape index (κ3) is 5.23. The van der Waals surface area contributed by atoms with Crippen LogP contribution in [0.25, 0.3) is 5.69 Å². The van der Waals surface area contributed by atoms with Gasteiger partial charge >= 0.3 is 5.97 Å². The zero-order valence-electron chi connectivity index (χ0n) is 16.8. The monoisotopic (exact) mass is 419 g/mol. The van der Waals surface area contributed by atoms with Crippen LogP contribution in [0.4, 0.5) is 5.69 Å². The number of aryl methyl sites for hydroxylation is 2. The SMILES string of the molecule is Cc1ccc(-n2nc(C)c(NC(=O)COC(=O)C[C@H]3CCS(=O)(=O)C3)c2C)cc1. The third-order valence-corrected chi connectivity index (χ3v) is 6.82. The van der Waals surface area contributed by atoms with E-state index in [1.165, 1.54) is 0 Å². The Hall–Kier alpha value is -2.68. The average Bonchev–Trinajstić information content (AvgIpc) is 3.13. The van der Waals surface area contributed by atoms with Crippen molar-refractivity contribution in [3.63, 3.8) is 0 Å². The van der Waals surface area contributed by atoms with Crippen LogP contribution < -0.4 is 5.32 Å². The molecule has 0 unspecified atom stereocenters. The molecule has 8 nitrogen and oxygen atoms in total. The first-order valence-electron chi connectivity index (χ1n) is 9.44. The lowest BCUT2D eigenvalue weighted by atomic mass is 10.1. The van der Waals surface area contributed by atoms with Gasteiger partial charge in [0, 0.05) is 6.42 Å². The first-order valence-corrected chi connectivity index (χ1v) is 11.3. The summed E-state index contributed by atoms with van der Waals surface area (Å²) < 4.78 is 29.7. The number of aromatic nitrogens is 2. The number of sulfone groups is 1. The summed E-state index contributed by atoms with van der Waals surface area (Å²) in [6, 6.07) is 7.87. The van der Waals surface area contributed by atoms with Gasteiger partial charge in [-0.1, -0.05) is 17.7 Å². The predicted molar refractivity (Wildman–Crippen MR) is 109 cm³/mol. The number of hydrogen-bond donors (Lipinski definition) is 1. The summed E-state index contributed by atoms with van der Waals surface area (Å²) in [6.07, 6.45) is 0.468.